The number of nitrogens with one attached hydrogen (secondary N) is 1. The maximum absolute atomic E-state index is 15.3. The third-order valence-corrected chi connectivity index (χ3v) is 21.2. The number of carbonyl (C=O) groups is 1. The number of rotatable bonds is 17. The second kappa shape index (κ2) is 23.0. The van der Waals surface area contributed by atoms with Crippen LogP contribution in [0.25, 0.3) is 22.4 Å². The number of hydrogen-bond donors (Lipinski definition) is 4. The average Bonchev–Trinajstić information content (AvgIpc) is 3.91. The van der Waals surface area contributed by atoms with E-state index in [1.165, 1.54) is 23.9 Å². The van der Waals surface area contributed by atoms with Crippen LogP contribution in [0.1, 0.15) is 72.8 Å². The molecule has 0 amide bonds. The van der Waals surface area contributed by atoms with Crippen LogP contribution in [0.15, 0.2) is 131 Å². The number of anilines is 3. The van der Waals surface area contributed by atoms with Gasteiger partial charge in [0.25, 0.3) is 9.84 Å². The topological polar surface area (TPSA) is 159 Å². The minimum atomic E-state index is -5.98. The third-order valence-electron chi connectivity index (χ3n) is 14.9. The van der Waals surface area contributed by atoms with E-state index in [0.29, 0.717) is 97.5 Å². The number of aliphatic hydroxyl groups is 1. The molecule has 3 saturated heterocycles. The van der Waals surface area contributed by atoms with Gasteiger partial charge in [-0.15, -0.1) is 16.6 Å². The fourth-order valence-corrected chi connectivity index (χ4v) is 16.1. The quantitative estimate of drug-likeness (QED) is 0.0505. The smallest absolute Gasteiger partial charge is 0.478 e. The normalized spacial score (nSPS) is 19.6. The SMILES string of the molecule is Cc1c(C(=O)O)c(-c2cccc(N3CCN(c4ccc([C@H]5CCN(O)P5(=O)c5ccc(N[C@H](CCN6CCC(O)CC6)CSc6ccccc6)c(S(=O)(=O)C(F)(F)F)c5)cc4)CC3)c2)c(-c2ccc(Cl)cc2)n1C(C)C. The van der Waals surface area contributed by atoms with Gasteiger partial charge in [-0.05, 0) is 130 Å². The molecule has 3 aliphatic rings. The lowest BCUT2D eigenvalue weighted by Crippen LogP contribution is -2.46. The number of carboxylic acid groups (broad SMARTS) is 1. The van der Waals surface area contributed by atoms with E-state index in [0.717, 1.165) is 39.2 Å². The highest BCUT2D eigenvalue weighted by Gasteiger charge is 2.51. The number of likely N-dealkylation sites (tertiary alicyclic amines) is 1. The first-order valence-electron chi connectivity index (χ1n) is 25.6. The van der Waals surface area contributed by atoms with E-state index in [2.05, 4.69) is 24.6 Å². The lowest BCUT2D eigenvalue weighted by Gasteiger charge is -2.37. The van der Waals surface area contributed by atoms with Gasteiger partial charge in [0.05, 0.1) is 28.7 Å². The molecule has 4 N–H and O–H groups in total. The van der Waals surface area contributed by atoms with Crippen molar-refractivity contribution < 1.29 is 46.4 Å². The van der Waals surface area contributed by atoms with Crippen molar-refractivity contribution in [1.82, 2.24) is 14.3 Å². The first-order chi connectivity index (χ1) is 36.2. The average molecular weight is 1120 g/mol. The fourth-order valence-electron chi connectivity index (χ4n) is 11.0. The Morgan fingerprint density at radius 3 is 2.11 bits per heavy atom. The fraction of sp³-hybridized carbons (Fsp3) is 0.375. The Bertz CT molecular complexity index is 3190. The second-order valence-corrected chi connectivity index (χ2v) is 26.3. The second-order valence-electron chi connectivity index (χ2n) is 20.1. The summed E-state index contributed by atoms with van der Waals surface area (Å²) in [7, 11) is -10.1. The minimum absolute atomic E-state index is 0.0247. The number of aliphatic hydroxyl groups excluding tert-OH is 1. The van der Waals surface area contributed by atoms with Gasteiger partial charge in [-0.2, -0.15) is 13.2 Å². The van der Waals surface area contributed by atoms with Gasteiger partial charge in [-0.3, -0.25) is 4.57 Å². The van der Waals surface area contributed by atoms with Crippen LogP contribution in [-0.4, -0.2) is 120 Å². The molecule has 404 valence electrons. The van der Waals surface area contributed by atoms with Gasteiger partial charge in [-0.1, -0.05) is 66.2 Å². The Balaban J connectivity index is 0.936. The van der Waals surface area contributed by atoms with E-state index in [1.807, 2.05) is 112 Å². The zero-order valence-corrected chi connectivity index (χ0v) is 45.8. The maximum Gasteiger partial charge on any atom is 0.501 e. The van der Waals surface area contributed by atoms with Crippen molar-refractivity contribution in [3.63, 3.8) is 0 Å². The van der Waals surface area contributed by atoms with Crippen LogP contribution in [0.5, 0.6) is 0 Å². The van der Waals surface area contributed by atoms with Crippen LogP contribution < -0.4 is 20.4 Å². The van der Waals surface area contributed by atoms with E-state index in [1.54, 1.807) is 12.1 Å². The van der Waals surface area contributed by atoms with Gasteiger partial charge in [0.1, 0.15) is 4.90 Å². The number of hydrogen-bond acceptors (Lipinski definition) is 11. The summed E-state index contributed by atoms with van der Waals surface area (Å²) in [6, 6.07) is 35.2. The lowest BCUT2D eigenvalue weighted by atomic mass is 9.96. The molecule has 6 aromatic rings. The number of carboxylic acids is 1. The van der Waals surface area contributed by atoms with Gasteiger partial charge in [-0.25, -0.2) is 13.2 Å². The van der Waals surface area contributed by atoms with Crippen molar-refractivity contribution in [3.05, 3.63) is 143 Å². The summed E-state index contributed by atoms with van der Waals surface area (Å²) in [5, 5.41) is 35.4. The minimum Gasteiger partial charge on any atom is -0.478 e. The molecule has 20 heteroatoms. The van der Waals surface area contributed by atoms with E-state index >= 15 is 4.57 Å². The first kappa shape index (κ1) is 55.5. The summed E-state index contributed by atoms with van der Waals surface area (Å²) in [4.78, 5) is 20.1. The van der Waals surface area contributed by atoms with Crippen molar-refractivity contribution in [2.24, 2.45) is 0 Å². The molecule has 3 fully saturated rings. The van der Waals surface area contributed by atoms with Crippen molar-refractivity contribution in [2.45, 2.75) is 85.6 Å². The monoisotopic (exact) mass is 1120 g/mol. The molecule has 0 aliphatic carbocycles. The van der Waals surface area contributed by atoms with Crippen molar-refractivity contribution in [3.8, 4) is 22.4 Å². The van der Waals surface area contributed by atoms with Crippen molar-refractivity contribution >= 4 is 68.8 Å². The van der Waals surface area contributed by atoms with Crippen LogP contribution in [0.3, 0.4) is 0 Å². The number of halogens is 4. The van der Waals surface area contributed by atoms with Crippen molar-refractivity contribution in [1.29, 1.82) is 0 Å². The molecule has 9 rings (SSSR count). The number of hydroxylamine groups is 1. The number of piperidine rings is 1. The predicted octanol–water partition coefficient (Wildman–Crippen LogP) is 11.8. The van der Waals surface area contributed by atoms with E-state index < -0.39 is 45.2 Å². The molecule has 0 saturated carbocycles. The summed E-state index contributed by atoms with van der Waals surface area (Å²) < 4.78 is 88.0. The Hall–Kier alpha value is -5.30. The predicted molar refractivity (Wildman–Crippen MR) is 297 cm³/mol. The van der Waals surface area contributed by atoms with Crippen molar-refractivity contribution in [2.75, 3.05) is 73.2 Å². The summed E-state index contributed by atoms with van der Waals surface area (Å²) in [6.07, 6.45) is 1.51. The highest BCUT2D eigenvalue weighted by molar-refractivity contribution is 7.99. The maximum atomic E-state index is 15.3. The highest BCUT2D eigenvalue weighted by atomic mass is 35.5. The summed E-state index contributed by atoms with van der Waals surface area (Å²) in [5.74, 6) is -0.610. The zero-order valence-electron chi connectivity index (χ0n) is 42.5. The molecule has 0 spiro atoms. The molecule has 1 unspecified atom stereocenters. The Labute approximate surface area is 451 Å². The molecule has 0 radical (unpaired) electrons. The molecule has 4 heterocycles. The molecular formula is C56H63ClF3N6O7PS2. The first-order valence-corrected chi connectivity index (χ1v) is 30.1. The van der Waals surface area contributed by atoms with Crippen LogP contribution in [-0.2, 0) is 14.4 Å². The summed E-state index contributed by atoms with van der Waals surface area (Å²) >= 11 is 7.76. The number of alkyl halides is 3. The number of nitrogens with zero attached hydrogens (tertiary/aromatic N) is 5. The van der Waals surface area contributed by atoms with Gasteiger partial charge >= 0.3 is 11.5 Å². The molecule has 76 heavy (non-hydrogen) atoms. The molecule has 1 aromatic heterocycles. The Morgan fingerprint density at radius 1 is 0.816 bits per heavy atom. The number of benzene rings is 5. The van der Waals surface area contributed by atoms with Gasteiger partial charge in [0.2, 0.25) is 7.29 Å². The number of aromatic carboxylic acids is 1. The van der Waals surface area contributed by atoms with Crippen LogP contribution in [0, 0.1) is 6.92 Å². The molecule has 0 bridgehead atoms. The molecule has 3 aliphatic heterocycles. The van der Waals surface area contributed by atoms with Crippen LogP contribution >= 0.6 is 30.7 Å². The lowest BCUT2D eigenvalue weighted by molar-refractivity contribution is -0.0435. The Morgan fingerprint density at radius 2 is 1.47 bits per heavy atom. The highest BCUT2D eigenvalue weighted by Crippen LogP contribution is 2.66. The number of aromatic nitrogens is 1. The van der Waals surface area contributed by atoms with Gasteiger partial charge in [0, 0.05) is 108 Å². The third kappa shape index (κ3) is 11.5. The standard InChI is InChI=1S/C56H63ClF3N6O7PS2/c1-37(2)66-38(3)52(55(68)69)53(54(66)40-12-16-42(57)17-13-40)41-8-7-9-45(34-41)64-32-30-63(31-33-64)44-18-14-39(15-19-44)50-25-29-65(70)74(50,71)47-20-21-49(51(35-47)76(72,73)56(58,59)60)61-43(36-75-48-10-5-4-6-11-48)22-26-62-27-23-46(67)24-28-62/h4-21,34-35,37,43,46,50,61,67,70H,22-33,36H2,1-3H3,(H,68,69)/t43-,50-,74?/m1/s1. The molecular weight excluding hydrogens is 1060 g/mol. The van der Waals surface area contributed by atoms with Gasteiger partial charge < -0.3 is 40.0 Å². The Kier molecular flexibility index (Phi) is 16.8. The van der Waals surface area contributed by atoms with Crippen LogP contribution in [0.2, 0.25) is 5.02 Å². The number of piperazine rings is 1. The van der Waals surface area contributed by atoms with E-state index in [-0.39, 0.29) is 41.7 Å². The van der Waals surface area contributed by atoms with Gasteiger partial charge in [0.15, 0.2) is 0 Å². The largest absolute Gasteiger partial charge is 0.501 e. The molecule has 3 atom stereocenters. The number of thioether (sulfide) groups is 1. The molecule has 13 nitrogen and oxygen atoms in total. The molecule has 5 aromatic carbocycles. The van der Waals surface area contributed by atoms with Crippen LogP contribution in [0.4, 0.5) is 30.2 Å². The summed E-state index contributed by atoms with van der Waals surface area (Å²) in [6.45, 7) is 10.3. The number of sulfone groups is 1. The van der Waals surface area contributed by atoms with E-state index in [4.69, 9.17) is 11.6 Å². The summed E-state index contributed by atoms with van der Waals surface area (Å²) in [5.41, 5.74) is -0.397. The zero-order chi connectivity index (χ0) is 54.1. The van der Waals surface area contributed by atoms with E-state index in [9.17, 15) is 41.8 Å².